The van der Waals surface area contributed by atoms with Crippen LogP contribution in [0, 0.1) is 0 Å². The van der Waals surface area contributed by atoms with E-state index in [0.717, 1.165) is 43.7 Å². The van der Waals surface area contributed by atoms with Gasteiger partial charge in [-0.15, -0.1) is 0 Å². The molecule has 0 bridgehead atoms. The fourth-order valence-electron chi connectivity index (χ4n) is 1.96. The van der Waals surface area contributed by atoms with Crippen molar-refractivity contribution in [3.8, 4) is 11.5 Å². The molecule has 17 heavy (non-hydrogen) atoms. The average Bonchev–Trinajstić information content (AvgIpc) is 2.38. The predicted molar refractivity (Wildman–Crippen MR) is 70.9 cm³/mol. The van der Waals surface area contributed by atoms with Gasteiger partial charge in [-0.05, 0) is 55.5 Å². The molecule has 0 aromatic heterocycles. The molecule has 0 aliphatic heterocycles. The van der Waals surface area contributed by atoms with Crippen LogP contribution in [0.1, 0.15) is 30.9 Å². The maximum atomic E-state index is 5.51. The minimum atomic E-state index is 0.743. The van der Waals surface area contributed by atoms with E-state index in [-0.39, 0.29) is 0 Å². The van der Waals surface area contributed by atoms with Crippen LogP contribution in [-0.4, -0.2) is 20.8 Å². The molecule has 96 valence electrons. The number of hydrogen-bond donors (Lipinski definition) is 1. The van der Waals surface area contributed by atoms with Crippen LogP contribution in [0.4, 0.5) is 0 Å². The first-order chi connectivity index (χ1) is 8.26. The summed E-state index contributed by atoms with van der Waals surface area (Å²) >= 11 is 0. The molecule has 2 N–H and O–H groups in total. The zero-order chi connectivity index (χ0) is 12.7. The zero-order valence-electron chi connectivity index (χ0n) is 11.1. The molecule has 0 spiro atoms. The third-order valence-corrected chi connectivity index (χ3v) is 2.96. The molecular formula is C14H23NO2. The van der Waals surface area contributed by atoms with Gasteiger partial charge in [-0.3, -0.25) is 0 Å². The van der Waals surface area contributed by atoms with Crippen molar-refractivity contribution in [1.82, 2.24) is 0 Å². The highest BCUT2D eigenvalue weighted by Crippen LogP contribution is 2.30. The van der Waals surface area contributed by atoms with Gasteiger partial charge < -0.3 is 15.2 Å². The van der Waals surface area contributed by atoms with Crippen LogP contribution in [-0.2, 0) is 12.8 Å². The molecule has 1 aromatic rings. The SMILES string of the molecule is CCc1cc(OC)c(CCCCN)cc1OC. The Labute approximate surface area is 104 Å². The first-order valence-electron chi connectivity index (χ1n) is 6.20. The van der Waals surface area contributed by atoms with Gasteiger partial charge in [0.05, 0.1) is 14.2 Å². The highest BCUT2D eigenvalue weighted by atomic mass is 16.5. The first kappa shape index (κ1) is 13.8. The summed E-state index contributed by atoms with van der Waals surface area (Å²) in [5.41, 5.74) is 7.90. The normalized spacial score (nSPS) is 10.4. The van der Waals surface area contributed by atoms with E-state index in [2.05, 4.69) is 19.1 Å². The van der Waals surface area contributed by atoms with Crippen LogP contribution in [0.2, 0.25) is 0 Å². The second-order valence-electron chi connectivity index (χ2n) is 4.08. The van der Waals surface area contributed by atoms with Crippen LogP contribution in [0.15, 0.2) is 12.1 Å². The maximum Gasteiger partial charge on any atom is 0.122 e. The van der Waals surface area contributed by atoms with Gasteiger partial charge in [0.2, 0.25) is 0 Å². The third kappa shape index (κ3) is 3.63. The van der Waals surface area contributed by atoms with E-state index in [1.165, 1.54) is 11.1 Å². The van der Waals surface area contributed by atoms with Crippen molar-refractivity contribution in [3.63, 3.8) is 0 Å². The van der Waals surface area contributed by atoms with Gasteiger partial charge in [-0.2, -0.15) is 0 Å². The van der Waals surface area contributed by atoms with Crippen LogP contribution >= 0.6 is 0 Å². The van der Waals surface area contributed by atoms with Crippen LogP contribution in [0.25, 0.3) is 0 Å². The first-order valence-corrected chi connectivity index (χ1v) is 6.20. The van der Waals surface area contributed by atoms with Crippen molar-refractivity contribution in [2.75, 3.05) is 20.8 Å². The highest BCUT2D eigenvalue weighted by Gasteiger charge is 2.09. The molecular weight excluding hydrogens is 214 g/mol. The van der Waals surface area contributed by atoms with Gasteiger partial charge in [0, 0.05) is 0 Å². The number of aryl methyl sites for hydroxylation is 2. The van der Waals surface area contributed by atoms with Gasteiger partial charge in [0.1, 0.15) is 11.5 Å². The van der Waals surface area contributed by atoms with E-state index in [4.69, 9.17) is 15.2 Å². The second kappa shape index (κ2) is 7.17. The molecule has 0 aliphatic rings. The third-order valence-electron chi connectivity index (χ3n) is 2.96. The van der Waals surface area contributed by atoms with E-state index >= 15 is 0 Å². The Kier molecular flexibility index (Phi) is 5.84. The minimum absolute atomic E-state index is 0.743. The van der Waals surface area contributed by atoms with Gasteiger partial charge in [-0.25, -0.2) is 0 Å². The van der Waals surface area contributed by atoms with Crippen molar-refractivity contribution in [2.45, 2.75) is 32.6 Å². The average molecular weight is 237 g/mol. The summed E-state index contributed by atoms with van der Waals surface area (Å²) in [5.74, 6) is 1.91. The lowest BCUT2D eigenvalue weighted by atomic mass is 10.0. The Balaban J connectivity index is 2.93. The summed E-state index contributed by atoms with van der Waals surface area (Å²) < 4.78 is 10.8. The van der Waals surface area contributed by atoms with Crippen molar-refractivity contribution in [3.05, 3.63) is 23.3 Å². The fourth-order valence-corrected chi connectivity index (χ4v) is 1.96. The molecule has 1 rings (SSSR count). The predicted octanol–water partition coefficient (Wildman–Crippen LogP) is 2.55. The number of hydrogen-bond acceptors (Lipinski definition) is 3. The number of unbranched alkanes of at least 4 members (excludes halogenated alkanes) is 1. The largest absolute Gasteiger partial charge is 0.496 e. The Bertz CT molecular complexity index is 350. The summed E-state index contributed by atoms with van der Waals surface area (Å²) in [6, 6.07) is 4.17. The molecule has 0 heterocycles. The molecule has 0 radical (unpaired) electrons. The van der Waals surface area contributed by atoms with Crippen molar-refractivity contribution < 1.29 is 9.47 Å². The molecule has 1 aromatic carbocycles. The fraction of sp³-hybridized carbons (Fsp3) is 0.571. The van der Waals surface area contributed by atoms with Crippen LogP contribution in [0.5, 0.6) is 11.5 Å². The highest BCUT2D eigenvalue weighted by molar-refractivity contribution is 5.46. The van der Waals surface area contributed by atoms with Gasteiger partial charge >= 0.3 is 0 Å². The van der Waals surface area contributed by atoms with E-state index < -0.39 is 0 Å². The van der Waals surface area contributed by atoms with Crippen LogP contribution < -0.4 is 15.2 Å². The summed E-state index contributed by atoms with van der Waals surface area (Å²) in [4.78, 5) is 0. The standard InChI is InChI=1S/C14H23NO2/c1-4-11-9-14(17-3)12(7-5-6-8-15)10-13(11)16-2/h9-10H,4-8,15H2,1-3H3. The summed E-state index contributed by atoms with van der Waals surface area (Å²) in [7, 11) is 3.43. The van der Waals surface area contributed by atoms with Crippen molar-refractivity contribution in [2.24, 2.45) is 5.73 Å². The smallest absolute Gasteiger partial charge is 0.122 e. The maximum absolute atomic E-state index is 5.51. The lowest BCUT2D eigenvalue weighted by Crippen LogP contribution is -2.01. The Morgan fingerprint density at radius 1 is 1.00 bits per heavy atom. The quantitative estimate of drug-likeness (QED) is 0.741. The summed E-state index contributed by atoms with van der Waals surface area (Å²) in [5, 5.41) is 0. The summed E-state index contributed by atoms with van der Waals surface area (Å²) in [6.07, 6.45) is 4.06. The second-order valence-corrected chi connectivity index (χ2v) is 4.08. The van der Waals surface area contributed by atoms with Gasteiger partial charge in [-0.1, -0.05) is 6.92 Å². The van der Waals surface area contributed by atoms with Crippen molar-refractivity contribution >= 4 is 0 Å². The number of rotatable bonds is 7. The topological polar surface area (TPSA) is 44.5 Å². The zero-order valence-corrected chi connectivity index (χ0v) is 11.1. The Hall–Kier alpha value is -1.22. The summed E-state index contributed by atoms with van der Waals surface area (Å²) in [6.45, 7) is 2.86. The molecule has 3 heteroatoms. The molecule has 0 atom stereocenters. The van der Waals surface area contributed by atoms with Crippen molar-refractivity contribution in [1.29, 1.82) is 0 Å². The molecule has 0 saturated carbocycles. The molecule has 0 fully saturated rings. The molecule has 3 nitrogen and oxygen atoms in total. The molecule has 0 unspecified atom stereocenters. The molecule has 0 aliphatic carbocycles. The lowest BCUT2D eigenvalue weighted by Gasteiger charge is -2.14. The number of benzene rings is 1. The monoisotopic (exact) mass is 237 g/mol. The lowest BCUT2D eigenvalue weighted by molar-refractivity contribution is 0.394. The van der Waals surface area contributed by atoms with E-state index in [1.54, 1.807) is 14.2 Å². The van der Waals surface area contributed by atoms with E-state index in [1.807, 2.05) is 0 Å². The molecule has 0 saturated heterocycles. The Morgan fingerprint density at radius 2 is 1.59 bits per heavy atom. The minimum Gasteiger partial charge on any atom is -0.496 e. The number of methoxy groups -OCH3 is 2. The van der Waals surface area contributed by atoms with Gasteiger partial charge in [0.15, 0.2) is 0 Å². The Morgan fingerprint density at radius 3 is 2.12 bits per heavy atom. The van der Waals surface area contributed by atoms with Gasteiger partial charge in [0.25, 0.3) is 0 Å². The molecule has 0 amide bonds. The number of nitrogens with two attached hydrogens (primary N) is 1. The van der Waals surface area contributed by atoms with E-state index in [0.29, 0.717) is 0 Å². The number of ether oxygens (including phenoxy) is 2. The van der Waals surface area contributed by atoms with Crippen LogP contribution in [0.3, 0.4) is 0 Å². The van der Waals surface area contributed by atoms with E-state index in [9.17, 15) is 0 Å².